The van der Waals surface area contributed by atoms with Gasteiger partial charge in [-0.3, -0.25) is 9.59 Å². The molecule has 1 aliphatic rings. The fraction of sp³-hybridized carbons (Fsp3) is 0.176. The molecular weight excluding hydrogens is 428 g/mol. The first-order valence-corrected chi connectivity index (χ1v) is 8.66. The summed E-state index contributed by atoms with van der Waals surface area (Å²) in [6.45, 7) is 0. The summed E-state index contributed by atoms with van der Waals surface area (Å²) in [5.41, 5.74) is -0.833. The van der Waals surface area contributed by atoms with Gasteiger partial charge in [0.15, 0.2) is 0 Å². The van der Waals surface area contributed by atoms with Crippen LogP contribution in [0.5, 0.6) is 0 Å². The lowest BCUT2D eigenvalue weighted by Crippen LogP contribution is -2.19. The zero-order valence-corrected chi connectivity index (χ0v) is 15.5. The van der Waals surface area contributed by atoms with Crippen molar-refractivity contribution in [3.8, 4) is 0 Å². The van der Waals surface area contributed by atoms with Crippen molar-refractivity contribution in [3.63, 3.8) is 0 Å². The SMILES string of the molecule is O=C(Nc1ccc(F)cc1F)c1cc(NC(=O)C2CC2(Cl)Cl)c(F)cc1Cl. The van der Waals surface area contributed by atoms with Crippen LogP contribution < -0.4 is 10.6 Å². The van der Waals surface area contributed by atoms with Gasteiger partial charge in [0, 0.05) is 6.07 Å². The molecule has 0 aromatic heterocycles. The van der Waals surface area contributed by atoms with Crippen LogP contribution in [0.25, 0.3) is 0 Å². The molecule has 0 radical (unpaired) electrons. The topological polar surface area (TPSA) is 58.2 Å². The Labute approximate surface area is 166 Å². The highest BCUT2D eigenvalue weighted by molar-refractivity contribution is 6.52. The molecule has 2 N–H and O–H groups in total. The predicted octanol–water partition coefficient (Wildman–Crippen LogP) is 5.14. The summed E-state index contributed by atoms with van der Waals surface area (Å²) >= 11 is 17.5. The number of hydrogen-bond acceptors (Lipinski definition) is 2. The Kier molecular flexibility index (Phi) is 5.29. The van der Waals surface area contributed by atoms with Gasteiger partial charge in [-0.1, -0.05) is 11.6 Å². The van der Waals surface area contributed by atoms with Gasteiger partial charge in [-0.2, -0.15) is 0 Å². The van der Waals surface area contributed by atoms with Crippen LogP contribution in [0, 0.1) is 23.4 Å². The van der Waals surface area contributed by atoms with Gasteiger partial charge in [0.2, 0.25) is 5.91 Å². The van der Waals surface area contributed by atoms with Crippen LogP contribution in [0.4, 0.5) is 24.5 Å². The third kappa shape index (κ3) is 4.31. The number of hydrogen-bond donors (Lipinski definition) is 2. The number of nitrogens with one attached hydrogen (secondary N) is 2. The highest BCUT2D eigenvalue weighted by Gasteiger charge is 2.56. The van der Waals surface area contributed by atoms with E-state index in [1.54, 1.807) is 0 Å². The fourth-order valence-electron chi connectivity index (χ4n) is 2.32. The van der Waals surface area contributed by atoms with E-state index in [-0.39, 0.29) is 28.4 Å². The van der Waals surface area contributed by atoms with Crippen molar-refractivity contribution in [1.82, 2.24) is 0 Å². The zero-order chi connectivity index (χ0) is 19.9. The first-order valence-electron chi connectivity index (χ1n) is 7.52. The molecule has 0 saturated heterocycles. The first kappa shape index (κ1) is 19.8. The van der Waals surface area contributed by atoms with Gasteiger partial charge >= 0.3 is 0 Å². The van der Waals surface area contributed by atoms with Crippen molar-refractivity contribution in [1.29, 1.82) is 0 Å². The Hall–Kier alpha value is -1.96. The van der Waals surface area contributed by atoms with Gasteiger partial charge < -0.3 is 10.6 Å². The van der Waals surface area contributed by atoms with Gasteiger partial charge in [0.25, 0.3) is 5.91 Å². The molecule has 1 fully saturated rings. The van der Waals surface area contributed by atoms with Crippen LogP contribution in [0.3, 0.4) is 0 Å². The van der Waals surface area contributed by atoms with Gasteiger partial charge in [0.1, 0.15) is 21.8 Å². The quantitative estimate of drug-likeness (QED) is 0.651. The van der Waals surface area contributed by atoms with Crippen molar-refractivity contribution >= 4 is 58.0 Å². The lowest BCUT2D eigenvalue weighted by Gasteiger charge is -2.12. The lowest BCUT2D eigenvalue weighted by atomic mass is 10.1. The van der Waals surface area contributed by atoms with Gasteiger partial charge in [-0.05, 0) is 30.7 Å². The van der Waals surface area contributed by atoms with Gasteiger partial charge in [0.05, 0.1) is 27.9 Å². The second-order valence-electron chi connectivity index (χ2n) is 5.90. The number of amides is 2. The molecule has 3 rings (SSSR count). The van der Waals surface area contributed by atoms with Crippen molar-refractivity contribution in [3.05, 3.63) is 58.4 Å². The highest BCUT2D eigenvalue weighted by Crippen LogP contribution is 2.53. The molecule has 2 amide bonds. The van der Waals surface area contributed by atoms with Crippen LogP contribution in [-0.4, -0.2) is 16.1 Å². The maximum absolute atomic E-state index is 14.1. The summed E-state index contributed by atoms with van der Waals surface area (Å²) < 4.78 is 39.5. The normalized spacial score (nSPS) is 17.3. The predicted molar refractivity (Wildman–Crippen MR) is 96.9 cm³/mol. The number of benzene rings is 2. The lowest BCUT2D eigenvalue weighted by molar-refractivity contribution is -0.117. The summed E-state index contributed by atoms with van der Waals surface area (Å²) in [5, 5.41) is 4.23. The molecule has 4 nitrogen and oxygen atoms in total. The summed E-state index contributed by atoms with van der Waals surface area (Å²) in [5.74, 6) is -4.89. The average molecular weight is 438 g/mol. The Morgan fingerprint density at radius 2 is 1.63 bits per heavy atom. The molecular formula is C17H10Cl3F3N2O2. The second kappa shape index (κ2) is 7.22. The molecule has 0 heterocycles. The van der Waals surface area contributed by atoms with E-state index in [9.17, 15) is 22.8 Å². The minimum atomic E-state index is -1.20. The standard InChI is InChI=1S/C17H10Cl3F3N2O2/c18-10-5-12(23)14(25-16(27)9-6-17(9,19)20)4-8(10)15(26)24-13-2-1-7(21)3-11(13)22/h1-5,9H,6H2,(H,24,26)(H,25,27). The molecule has 142 valence electrons. The van der Waals surface area contributed by atoms with E-state index in [2.05, 4.69) is 10.6 Å². The Morgan fingerprint density at radius 3 is 2.22 bits per heavy atom. The molecule has 0 bridgehead atoms. The monoisotopic (exact) mass is 436 g/mol. The molecule has 2 aromatic rings. The number of carbonyl (C=O) groups excluding carboxylic acids is 2. The molecule has 10 heteroatoms. The van der Waals surface area contributed by atoms with Crippen molar-refractivity contribution in [2.75, 3.05) is 10.6 Å². The third-order valence-corrected chi connectivity index (χ3v) is 5.03. The summed E-state index contributed by atoms with van der Waals surface area (Å²) in [6, 6.07) is 4.40. The Morgan fingerprint density at radius 1 is 1.00 bits per heavy atom. The van der Waals surface area contributed by atoms with E-state index in [1.807, 2.05) is 0 Å². The number of halogens is 6. The molecule has 0 spiro atoms. The molecule has 1 aliphatic carbocycles. The Balaban J connectivity index is 1.82. The highest BCUT2D eigenvalue weighted by atomic mass is 35.5. The van der Waals surface area contributed by atoms with Crippen LogP contribution in [0.2, 0.25) is 5.02 Å². The molecule has 1 saturated carbocycles. The van der Waals surface area contributed by atoms with Crippen molar-refractivity contribution in [2.45, 2.75) is 10.8 Å². The van der Waals surface area contributed by atoms with E-state index < -0.39 is 39.5 Å². The number of rotatable bonds is 4. The maximum atomic E-state index is 14.1. The zero-order valence-electron chi connectivity index (χ0n) is 13.3. The number of carbonyl (C=O) groups is 2. The van der Waals surface area contributed by atoms with E-state index in [1.165, 1.54) is 0 Å². The van der Waals surface area contributed by atoms with Crippen LogP contribution in [0.1, 0.15) is 16.8 Å². The molecule has 27 heavy (non-hydrogen) atoms. The van der Waals surface area contributed by atoms with Crippen LogP contribution >= 0.6 is 34.8 Å². The van der Waals surface area contributed by atoms with Crippen LogP contribution in [-0.2, 0) is 4.79 Å². The molecule has 1 atom stereocenters. The van der Waals surface area contributed by atoms with Crippen molar-refractivity contribution < 1.29 is 22.8 Å². The minimum Gasteiger partial charge on any atom is -0.323 e. The summed E-state index contributed by atoms with van der Waals surface area (Å²) in [6.07, 6.45) is 0.217. The Bertz CT molecular complexity index is 953. The smallest absolute Gasteiger partial charge is 0.257 e. The summed E-state index contributed by atoms with van der Waals surface area (Å²) in [7, 11) is 0. The fourth-order valence-corrected chi connectivity index (χ4v) is 3.06. The second-order valence-corrected chi connectivity index (χ2v) is 7.85. The first-order chi connectivity index (χ1) is 12.6. The van der Waals surface area contributed by atoms with Gasteiger partial charge in [-0.15, -0.1) is 23.2 Å². The van der Waals surface area contributed by atoms with E-state index in [0.717, 1.165) is 24.3 Å². The van der Waals surface area contributed by atoms with E-state index >= 15 is 0 Å². The molecule has 1 unspecified atom stereocenters. The number of anilines is 2. The van der Waals surface area contributed by atoms with Crippen molar-refractivity contribution in [2.24, 2.45) is 5.92 Å². The van der Waals surface area contributed by atoms with Crippen LogP contribution in [0.15, 0.2) is 30.3 Å². The molecule has 0 aliphatic heterocycles. The van der Waals surface area contributed by atoms with Gasteiger partial charge in [-0.25, -0.2) is 13.2 Å². The molecule has 2 aromatic carbocycles. The summed E-state index contributed by atoms with van der Waals surface area (Å²) in [4.78, 5) is 24.3. The number of alkyl halides is 2. The van der Waals surface area contributed by atoms with E-state index in [0.29, 0.717) is 6.07 Å². The minimum absolute atomic E-state index is 0.217. The average Bonchev–Trinajstić information content (AvgIpc) is 3.21. The van der Waals surface area contributed by atoms with E-state index in [4.69, 9.17) is 34.8 Å². The maximum Gasteiger partial charge on any atom is 0.257 e. The largest absolute Gasteiger partial charge is 0.323 e. The third-order valence-electron chi connectivity index (χ3n) is 3.88.